The molecule has 3 aliphatic rings. The molecule has 0 saturated heterocycles. The molecule has 0 saturated carbocycles. The third-order valence-electron chi connectivity index (χ3n) is 9.92. The normalized spacial score (nSPS) is 14.9. The Labute approximate surface area is 416 Å². The van der Waals surface area contributed by atoms with Gasteiger partial charge in [-0.15, -0.1) is 0 Å². The lowest BCUT2D eigenvalue weighted by molar-refractivity contribution is -0.164. The molecule has 71 heavy (non-hydrogen) atoms. The zero-order valence-corrected chi connectivity index (χ0v) is 43.7. The lowest BCUT2D eigenvalue weighted by Crippen LogP contribution is -2.50. The molecule has 0 N–H and O–H groups in total. The first-order valence-corrected chi connectivity index (χ1v) is 22.8. The number of esters is 6. The topological polar surface area (TPSA) is 245 Å². The SMILES string of the molecule is CC(=O)C1(C(=O)OC(C)(C)C)C(=O)c2ccc(C)cc2C1=O.CC(=O)CC(=O)OC(C)(C)C.CC(=O)OC(C)=O.CCN(CC)CC.Cc1ccc2c(c1)C(=O)CC2=O.Cc1ccc2c(c1)C(=O)OC2=O.[2HH]. The van der Waals surface area contributed by atoms with Crippen LogP contribution < -0.4 is 0 Å². The van der Waals surface area contributed by atoms with Crippen LogP contribution in [0.3, 0.4) is 0 Å². The van der Waals surface area contributed by atoms with Crippen LogP contribution in [0.25, 0.3) is 0 Å². The van der Waals surface area contributed by atoms with Crippen LogP contribution in [-0.4, -0.2) is 106 Å². The van der Waals surface area contributed by atoms with Crippen LogP contribution in [0.2, 0.25) is 0 Å². The number of benzene rings is 3. The zero-order valence-electron chi connectivity index (χ0n) is 43.7. The average Bonchev–Trinajstić information content (AvgIpc) is 3.76. The lowest BCUT2D eigenvalue weighted by Gasteiger charge is -2.27. The Hall–Kier alpha value is -7.14. The number of carbonyl (C=O) groups excluding carboxylic acids is 12. The van der Waals surface area contributed by atoms with Crippen LogP contribution in [0.5, 0.6) is 0 Å². The van der Waals surface area contributed by atoms with Crippen molar-refractivity contribution in [2.24, 2.45) is 5.41 Å². The minimum atomic E-state index is -2.40. The van der Waals surface area contributed by atoms with E-state index < -0.39 is 69.8 Å². The van der Waals surface area contributed by atoms with Crippen LogP contribution in [-0.2, 0) is 47.7 Å². The fourth-order valence-electron chi connectivity index (χ4n) is 6.68. The standard InChI is InChI=1S/C17H18O5.C10H8O2.C9H6O3.C8H14O3.C6H15N.C4H6O3.H2/c1-9-6-7-11-12(8-9)14(20)17(10(2)18,13(11)19)15(21)22-16(3,4)5;1-6-2-3-7-8(4-6)10(12)5-9(7)11;1-5-2-3-6-7(4-5)9(11)12-8(6)10;1-6(9)5-7(10)11-8(2,3)4;1-4-7(5-2)6-3;1-3(5)7-4(2)6;/h6-8H,1-5H3;2-4H,5H2,1H3;2-4H,1H3;5H2,1-4H3;4-6H2,1-3H3;1-2H3;1H/i;;;;;;1+1. The Balaban J connectivity index is 0.000000882. The van der Waals surface area contributed by atoms with E-state index in [1.54, 1.807) is 84.9 Å². The van der Waals surface area contributed by atoms with Crippen molar-refractivity contribution in [2.75, 3.05) is 19.6 Å². The molecule has 0 fully saturated rings. The highest BCUT2D eigenvalue weighted by atomic mass is 16.6. The molecule has 1 heterocycles. The predicted molar refractivity (Wildman–Crippen MR) is 263 cm³/mol. The molecular formula is C54H69NO16. The number of carbonyl (C=O) groups is 12. The maximum Gasteiger partial charge on any atom is 0.346 e. The molecule has 2 aliphatic carbocycles. The van der Waals surface area contributed by atoms with E-state index in [9.17, 15) is 57.5 Å². The Bertz CT molecular complexity index is 2480. The molecule has 1 aliphatic heterocycles. The van der Waals surface area contributed by atoms with Gasteiger partial charge in [-0.2, -0.15) is 0 Å². The van der Waals surface area contributed by atoms with Crippen LogP contribution in [0.15, 0.2) is 54.6 Å². The van der Waals surface area contributed by atoms with Crippen molar-refractivity contribution in [3.63, 3.8) is 0 Å². The van der Waals surface area contributed by atoms with Crippen LogP contribution in [0.4, 0.5) is 0 Å². The van der Waals surface area contributed by atoms with E-state index >= 15 is 0 Å². The number of rotatable bonds is 7. The summed E-state index contributed by atoms with van der Waals surface area (Å²) >= 11 is 0. The van der Waals surface area contributed by atoms with Crippen LogP contribution in [0.1, 0.15) is 183 Å². The van der Waals surface area contributed by atoms with Gasteiger partial charge < -0.3 is 23.8 Å². The summed E-state index contributed by atoms with van der Waals surface area (Å²) in [4.78, 5) is 138. The Morgan fingerprint density at radius 3 is 1.35 bits per heavy atom. The minimum absolute atomic E-state index is 0. The number of hydrogen-bond donors (Lipinski definition) is 0. The number of ketones is 6. The fraction of sp³-hybridized carbons (Fsp3) is 0.444. The smallest absolute Gasteiger partial charge is 0.346 e. The largest absolute Gasteiger partial charge is 0.460 e. The second-order valence-corrected chi connectivity index (χ2v) is 18.5. The molecule has 3 aromatic rings. The fourth-order valence-corrected chi connectivity index (χ4v) is 6.68. The number of cyclic esters (lactones) is 2. The van der Waals surface area contributed by atoms with Crippen molar-refractivity contribution in [3.05, 3.63) is 105 Å². The van der Waals surface area contributed by atoms with Crippen molar-refractivity contribution in [1.82, 2.24) is 4.90 Å². The van der Waals surface area contributed by atoms with Gasteiger partial charge in [-0.1, -0.05) is 67.8 Å². The van der Waals surface area contributed by atoms with Gasteiger partial charge in [0.2, 0.25) is 0 Å². The summed E-state index contributed by atoms with van der Waals surface area (Å²) in [5.41, 5.74) is 1.06. The zero-order chi connectivity index (χ0) is 54.9. The van der Waals surface area contributed by atoms with Crippen molar-refractivity contribution in [2.45, 2.75) is 135 Å². The van der Waals surface area contributed by atoms with E-state index in [-0.39, 0.29) is 42.7 Å². The quantitative estimate of drug-likeness (QED) is 0.123. The third-order valence-corrected chi connectivity index (χ3v) is 9.92. The third kappa shape index (κ3) is 18.6. The molecule has 1 unspecified atom stereocenters. The van der Waals surface area contributed by atoms with E-state index in [1.807, 2.05) is 19.9 Å². The highest BCUT2D eigenvalue weighted by molar-refractivity contribution is 6.48. The molecule has 0 bridgehead atoms. The molecule has 6 rings (SSSR count). The van der Waals surface area contributed by atoms with E-state index in [0.717, 1.165) is 23.6 Å². The predicted octanol–water partition coefficient (Wildman–Crippen LogP) is 8.36. The number of aryl methyl sites for hydroxylation is 3. The summed E-state index contributed by atoms with van der Waals surface area (Å²) in [7, 11) is 0. The molecule has 0 aromatic heterocycles. The summed E-state index contributed by atoms with van der Waals surface area (Å²) in [5, 5.41) is 0. The van der Waals surface area contributed by atoms with E-state index in [2.05, 4.69) is 35.1 Å². The van der Waals surface area contributed by atoms with Crippen molar-refractivity contribution in [1.29, 1.82) is 0 Å². The van der Waals surface area contributed by atoms with Gasteiger partial charge in [0.15, 0.2) is 28.9 Å². The monoisotopic (exact) mass is 988 g/mol. The number of Topliss-reactive ketones (excluding diaryl/α,β-unsaturated/α-hetero) is 6. The van der Waals surface area contributed by atoms with Crippen molar-refractivity contribution in [3.8, 4) is 0 Å². The van der Waals surface area contributed by atoms with E-state index in [0.29, 0.717) is 22.3 Å². The maximum atomic E-state index is 12.7. The van der Waals surface area contributed by atoms with Crippen LogP contribution >= 0.6 is 0 Å². The first kappa shape index (κ1) is 61.9. The molecule has 0 radical (unpaired) electrons. The van der Waals surface area contributed by atoms with Crippen molar-refractivity contribution < 1.29 is 77.9 Å². The minimum Gasteiger partial charge on any atom is -0.460 e. The molecule has 17 nitrogen and oxygen atoms in total. The molecule has 0 amide bonds. The molecule has 0 spiro atoms. The van der Waals surface area contributed by atoms with Gasteiger partial charge >= 0.3 is 35.8 Å². The van der Waals surface area contributed by atoms with E-state index in [4.69, 9.17) is 9.47 Å². The summed E-state index contributed by atoms with van der Waals surface area (Å²) in [6.07, 6.45) is -0.0734. The van der Waals surface area contributed by atoms with Crippen LogP contribution in [0, 0.1) is 26.2 Å². The Kier molecular flexibility index (Phi) is 23.3. The Morgan fingerprint density at radius 1 is 0.563 bits per heavy atom. The lowest BCUT2D eigenvalue weighted by atomic mass is 9.79. The van der Waals surface area contributed by atoms with Gasteiger partial charge in [-0.3, -0.25) is 43.2 Å². The molecule has 386 valence electrons. The molecule has 1 atom stereocenters. The summed E-state index contributed by atoms with van der Waals surface area (Å²) in [5.74, 6) is -6.43. The highest BCUT2D eigenvalue weighted by Crippen LogP contribution is 2.40. The van der Waals surface area contributed by atoms with E-state index in [1.165, 1.54) is 52.5 Å². The summed E-state index contributed by atoms with van der Waals surface area (Å²) in [6.45, 7) is 30.6. The first-order chi connectivity index (χ1) is 32.7. The van der Waals surface area contributed by atoms with Gasteiger partial charge in [0.25, 0.3) is 5.41 Å². The van der Waals surface area contributed by atoms with Gasteiger partial charge in [0.05, 0.1) is 17.5 Å². The van der Waals surface area contributed by atoms with Gasteiger partial charge in [-0.25, -0.2) is 14.4 Å². The number of ether oxygens (including phenoxy) is 4. The first-order valence-electron chi connectivity index (χ1n) is 22.8. The number of nitrogens with zero attached hydrogens (tertiary/aromatic N) is 1. The summed E-state index contributed by atoms with van der Waals surface area (Å²) < 4.78 is 18.5. The molecule has 3 aromatic carbocycles. The van der Waals surface area contributed by atoms with Gasteiger partial charge in [0, 0.05) is 37.5 Å². The van der Waals surface area contributed by atoms with Gasteiger partial charge in [0.1, 0.15) is 23.4 Å². The maximum absolute atomic E-state index is 12.7. The molecular weight excluding hydrogens is 919 g/mol. The van der Waals surface area contributed by atoms with Gasteiger partial charge in [-0.05, 0) is 120 Å². The number of hydrogen-bond acceptors (Lipinski definition) is 17. The Morgan fingerprint density at radius 2 is 0.958 bits per heavy atom. The number of fused-ring (bicyclic) bond motifs is 3. The average molecular weight is 989 g/mol. The summed E-state index contributed by atoms with van der Waals surface area (Å²) in [6, 6.07) is 15.1. The second kappa shape index (κ2) is 26.7. The highest BCUT2D eigenvalue weighted by Gasteiger charge is 2.64. The van der Waals surface area contributed by atoms with Crippen molar-refractivity contribution >= 4 is 70.5 Å². The molecule has 17 heteroatoms. The second-order valence-electron chi connectivity index (χ2n) is 18.5.